The molecule has 3 heteroatoms. The molecular weight excluding hydrogens is 192 g/mol. The van der Waals surface area contributed by atoms with E-state index < -0.39 is 11.9 Å². The second-order valence-electron chi connectivity index (χ2n) is 3.86. The van der Waals surface area contributed by atoms with Crippen molar-refractivity contribution in [3.63, 3.8) is 0 Å². The number of fused-ring (bicyclic) bond motifs is 1. The predicted molar refractivity (Wildman–Crippen MR) is 54.8 cm³/mol. The highest BCUT2D eigenvalue weighted by Gasteiger charge is 2.25. The minimum Gasteiger partial charge on any atom is -0.481 e. The summed E-state index contributed by atoms with van der Waals surface area (Å²) in [5, 5.41) is 8.96. The van der Waals surface area contributed by atoms with Crippen LogP contribution in [0.15, 0.2) is 24.3 Å². The fourth-order valence-corrected chi connectivity index (χ4v) is 1.99. The Labute approximate surface area is 87.7 Å². The Balaban J connectivity index is 2.38. The minimum atomic E-state index is -0.806. The molecule has 0 heterocycles. The van der Waals surface area contributed by atoms with Crippen molar-refractivity contribution in [1.82, 2.24) is 0 Å². The summed E-state index contributed by atoms with van der Waals surface area (Å²) in [7, 11) is 0. The van der Waals surface area contributed by atoms with Crippen LogP contribution < -0.4 is 0 Å². The number of hydrogen-bond donors (Lipinski definition) is 1. The van der Waals surface area contributed by atoms with Gasteiger partial charge in [-0.3, -0.25) is 9.59 Å². The average molecular weight is 204 g/mol. The second-order valence-corrected chi connectivity index (χ2v) is 3.86. The lowest BCUT2D eigenvalue weighted by atomic mass is 9.97. The molecule has 78 valence electrons. The van der Waals surface area contributed by atoms with Crippen LogP contribution in [0.25, 0.3) is 0 Å². The highest BCUT2D eigenvalue weighted by molar-refractivity contribution is 5.98. The third-order valence-electron chi connectivity index (χ3n) is 2.85. The van der Waals surface area contributed by atoms with Crippen LogP contribution in [0.5, 0.6) is 0 Å². The average Bonchev–Trinajstić information content (AvgIpc) is 2.39. The molecular formula is C12H12O3. The Kier molecular flexibility index (Phi) is 2.54. The van der Waals surface area contributed by atoms with E-state index in [1.807, 2.05) is 18.2 Å². The fourth-order valence-electron chi connectivity index (χ4n) is 1.99. The zero-order valence-electron chi connectivity index (χ0n) is 8.27. The smallest absolute Gasteiger partial charge is 0.306 e. The molecule has 0 aliphatic heterocycles. The predicted octanol–water partition coefficient (Wildman–Crippen LogP) is 1.91. The van der Waals surface area contributed by atoms with E-state index in [-0.39, 0.29) is 5.78 Å². The molecule has 0 bridgehead atoms. The molecule has 0 fully saturated rings. The molecule has 0 amide bonds. The van der Waals surface area contributed by atoms with Crippen LogP contribution >= 0.6 is 0 Å². The fraction of sp³-hybridized carbons (Fsp3) is 0.333. The first-order valence-electron chi connectivity index (χ1n) is 5.02. The number of aliphatic carboxylic acids is 1. The molecule has 0 spiro atoms. The monoisotopic (exact) mass is 204 g/mol. The van der Waals surface area contributed by atoms with Gasteiger partial charge >= 0.3 is 5.97 Å². The molecule has 0 saturated heterocycles. The molecule has 1 aliphatic carbocycles. The lowest BCUT2D eigenvalue weighted by Crippen LogP contribution is -2.15. The van der Waals surface area contributed by atoms with Gasteiger partial charge in [0.15, 0.2) is 5.78 Å². The van der Waals surface area contributed by atoms with Crippen molar-refractivity contribution in [1.29, 1.82) is 0 Å². The van der Waals surface area contributed by atoms with Gasteiger partial charge in [0.1, 0.15) is 0 Å². The van der Waals surface area contributed by atoms with E-state index in [4.69, 9.17) is 5.11 Å². The summed E-state index contributed by atoms with van der Waals surface area (Å²) in [5.74, 6) is -1.16. The first-order valence-corrected chi connectivity index (χ1v) is 5.02. The van der Waals surface area contributed by atoms with Gasteiger partial charge in [-0.15, -0.1) is 0 Å². The molecule has 0 aromatic heterocycles. The molecule has 3 nitrogen and oxygen atoms in total. The van der Waals surface area contributed by atoms with Crippen molar-refractivity contribution < 1.29 is 14.7 Å². The van der Waals surface area contributed by atoms with Gasteiger partial charge in [0.05, 0.1) is 5.92 Å². The van der Waals surface area contributed by atoms with Gasteiger partial charge in [-0.1, -0.05) is 24.3 Å². The van der Waals surface area contributed by atoms with Crippen LogP contribution in [-0.4, -0.2) is 16.9 Å². The zero-order chi connectivity index (χ0) is 10.8. The van der Waals surface area contributed by atoms with Crippen LogP contribution in [0.3, 0.4) is 0 Å². The van der Waals surface area contributed by atoms with E-state index in [2.05, 4.69) is 0 Å². The lowest BCUT2D eigenvalue weighted by Gasteiger charge is -2.08. The molecule has 2 rings (SSSR count). The summed E-state index contributed by atoms with van der Waals surface area (Å²) >= 11 is 0. The topological polar surface area (TPSA) is 54.4 Å². The minimum absolute atomic E-state index is 0.0642. The molecule has 1 aromatic rings. The van der Waals surface area contributed by atoms with Crippen LogP contribution in [0, 0.1) is 5.92 Å². The Hall–Kier alpha value is -1.64. The van der Waals surface area contributed by atoms with E-state index in [1.54, 1.807) is 6.07 Å². The first-order chi connectivity index (χ1) is 7.18. The molecule has 1 unspecified atom stereocenters. The Morgan fingerprint density at radius 3 is 2.80 bits per heavy atom. The summed E-state index contributed by atoms with van der Waals surface area (Å²) in [6.45, 7) is 0. The summed E-state index contributed by atoms with van der Waals surface area (Å²) in [6, 6.07) is 7.28. The van der Waals surface area contributed by atoms with Crippen LogP contribution in [0.2, 0.25) is 0 Å². The molecule has 0 saturated carbocycles. The normalized spacial score (nSPS) is 20.5. The molecule has 1 N–H and O–H groups in total. The molecule has 15 heavy (non-hydrogen) atoms. The van der Waals surface area contributed by atoms with Crippen molar-refractivity contribution >= 4 is 11.8 Å². The quantitative estimate of drug-likeness (QED) is 0.711. The van der Waals surface area contributed by atoms with Crippen LogP contribution in [0.4, 0.5) is 0 Å². The lowest BCUT2D eigenvalue weighted by molar-refractivity contribution is -0.141. The third-order valence-corrected chi connectivity index (χ3v) is 2.85. The van der Waals surface area contributed by atoms with E-state index in [1.165, 1.54) is 0 Å². The van der Waals surface area contributed by atoms with Gasteiger partial charge in [0, 0.05) is 12.0 Å². The number of carbonyl (C=O) groups is 2. The molecule has 1 atom stereocenters. The number of carbonyl (C=O) groups excluding carboxylic acids is 1. The Morgan fingerprint density at radius 1 is 1.33 bits per heavy atom. The maximum Gasteiger partial charge on any atom is 0.306 e. The molecule has 1 aromatic carbocycles. The number of Topliss-reactive ketones (excluding diaryl/α,β-unsaturated/α-hetero) is 1. The number of carboxylic acid groups (broad SMARTS) is 1. The molecule has 1 aliphatic rings. The highest BCUT2D eigenvalue weighted by Crippen LogP contribution is 2.24. The number of hydrogen-bond acceptors (Lipinski definition) is 2. The molecule has 0 radical (unpaired) electrons. The van der Waals surface area contributed by atoms with E-state index >= 15 is 0 Å². The number of ketones is 1. The van der Waals surface area contributed by atoms with Gasteiger partial charge in [-0.25, -0.2) is 0 Å². The third kappa shape index (κ3) is 1.91. The summed E-state index contributed by atoms with van der Waals surface area (Å²) in [5.41, 5.74) is 1.56. The van der Waals surface area contributed by atoms with Gasteiger partial charge in [0.2, 0.25) is 0 Å². The SMILES string of the molecule is O=C1CCC(C(=O)O)Cc2ccccc21. The maximum atomic E-state index is 11.7. The summed E-state index contributed by atoms with van der Waals surface area (Å²) < 4.78 is 0. The van der Waals surface area contributed by atoms with Crippen molar-refractivity contribution in [3.05, 3.63) is 35.4 Å². The Bertz CT molecular complexity index is 409. The number of benzene rings is 1. The van der Waals surface area contributed by atoms with Crippen molar-refractivity contribution in [2.45, 2.75) is 19.3 Å². The zero-order valence-corrected chi connectivity index (χ0v) is 8.27. The Morgan fingerprint density at radius 2 is 2.07 bits per heavy atom. The standard InChI is InChI=1S/C12H12O3/c13-11-6-5-9(12(14)15)7-8-3-1-2-4-10(8)11/h1-4,9H,5-7H2,(H,14,15). The first kappa shape index (κ1) is 9.90. The van der Waals surface area contributed by atoms with Gasteiger partial charge in [-0.05, 0) is 18.4 Å². The van der Waals surface area contributed by atoms with Crippen LogP contribution in [0.1, 0.15) is 28.8 Å². The maximum absolute atomic E-state index is 11.7. The van der Waals surface area contributed by atoms with Crippen molar-refractivity contribution in [2.24, 2.45) is 5.92 Å². The van der Waals surface area contributed by atoms with E-state index in [9.17, 15) is 9.59 Å². The van der Waals surface area contributed by atoms with Gasteiger partial charge in [0.25, 0.3) is 0 Å². The van der Waals surface area contributed by atoms with Crippen molar-refractivity contribution in [3.8, 4) is 0 Å². The van der Waals surface area contributed by atoms with E-state index in [0.717, 1.165) is 5.56 Å². The largest absolute Gasteiger partial charge is 0.481 e. The highest BCUT2D eigenvalue weighted by atomic mass is 16.4. The van der Waals surface area contributed by atoms with Crippen molar-refractivity contribution in [2.75, 3.05) is 0 Å². The summed E-state index contributed by atoms with van der Waals surface area (Å²) in [6.07, 6.45) is 1.26. The van der Waals surface area contributed by atoms with Gasteiger partial charge in [-0.2, -0.15) is 0 Å². The van der Waals surface area contributed by atoms with E-state index in [0.29, 0.717) is 24.8 Å². The number of rotatable bonds is 1. The summed E-state index contributed by atoms with van der Waals surface area (Å²) in [4.78, 5) is 22.6. The number of carboxylic acids is 1. The second kappa shape index (κ2) is 3.85. The van der Waals surface area contributed by atoms with Crippen LogP contribution in [-0.2, 0) is 11.2 Å². The van der Waals surface area contributed by atoms with Gasteiger partial charge < -0.3 is 5.11 Å².